The molecule has 0 spiro atoms. The summed E-state index contributed by atoms with van der Waals surface area (Å²) in [5.74, 6) is 0.580. The van der Waals surface area contributed by atoms with Crippen LogP contribution in [-0.4, -0.2) is 5.78 Å². The standard InChI is InChI=1S/C9H12O/c1-2-3-5-8-6-4-7-9(8)10/h2-3,5,8H,1,4,6-7H2/b5-3+. The highest BCUT2D eigenvalue weighted by molar-refractivity contribution is 5.84. The number of rotatable bonds is 2. The van der Waals surface area contributed by atoms with Crippen molar-refractivity contribution >= 4 is 5.78 Å². The van der Waals surface area contributed by atoms with Crippen molar-refractivity contribution in [1.82, 2.24) is 0 Å². The molecule has 0 bridgehead atoms. The van der Waals surface area contributed by atoms with Crippen molar-refractivity contribution in [1.29, 1.82) is 0 Å². The van der Waals surface area contributed by atoms with Gasteiger partial charge in [0.15, 0.2) is 0 Å². The summed E-state index contributed by atoms with van der Waals surface area (Å²) in [5.41, 5.74) is 0. The van der Waals surface area contributed by atoms with Crippen LogP contribution < -0.4 is 0 Å². The number of carbonyl (C=O) groups is 1. The van der Waals surface area contributed by atoms with E-state index in [9.17, 15) is 4.79 Å². The van der Waals surface area contributed by atoms with Crippen LogP contribution >= 0.6 is 0 Å². The average Bonchev–Trinajstić information content (AvgIpc) is 2.31. The van der Waals surface area contributed by atoms with Gasteiger partial charge in [0.1, 0.15) is 5.78 Å². The Hall–Kier alpha value is -0.850. The molecule has 0 amide bonds. The van der Waals surface area contributed by atoms with E-state index in [1.54, 1.807) is 6.08 Å². The zero-order valence-electron chi connectivity index (χ0n) is 6.05. The molecule has 1 aliphatic rings. The summed E-state index contributed by atoms with van der Waals surface area (Å²) in [6.07, 6.45) is 8.38. The van der Waals surface area contributed by atoms with Gasteiger partial charge in [-0.1, -0.05) is 24.8 Å². The normalized spacial score (nSPS) is 26.0. The van der Waals surface area contributed by atoms with E-state index in [0.29, 0.717) is 5.78 Å². The number of allylic oxidation sites excluding steroid dienone is 3. The number of hydrogen-bond donors (Lipinski definition) is 0. The Morgan fingerprint density at radius 1 is 1.60 bits per heavy atom. The fourth-order valence-electron chi connectivity index (χ4n) is 1.26. The molecule has 10 heavy (non-hydrogen) atoms. The Labute approximate surface area is 61.4 Å². The Kier molecular flexibility index (Phi) is 2.43. The lowest BCUT2D eigenvalue weighted by Gasteiger charge is -1.96. The second-order valence-electron chi connectivity index (χ2n) is 2.59. The molecule has 1 unspecified atom stereocenters. The first-order valence-electron chi connectivity index (χ1n) is 3.66. The Balaban J connectivity index is 2.47. The summed E-state index contributed by atoms with van der Waals surface area (Å²) < 4.78 is 0. The van der Waals surface area contributed by atoms with E-state index in [-0.39, 0.29) is 5.92 Å². The maximum Gasteiger partial charge on any atom is 0.139 e. The van der Waals surface area contributed by atoms with E-state index < -0.39 is 0 Å². The molecule has 1 rings (SSSR count). The zero-order chi connectivity index (χ0) is 7.40. The van der Waals surface area contributed by atoms with Crippen LogP contribution in [0.2, 0.25) is 0 Å². The molecular formula is C9H12O. The lowest BCUT2D eigenvalue weighted by molar-refractivity contribution is -0.119. The van der Waals surface area contributed by atoms with Crippen molar-refractivity contribution in [2.24, 2.45) is 5.92 Å². The third kappa shape index (κ3) is 1.56. The van der Waals surface area contributed by atoms with Crippen LogP contribution in [0.4, 0.5) is 0 Å². The monoisotopic (exact) mass is 136 g/mol. The molecule has 1 fully saturated rings. The number of ketones is 1. The van der Waals surface area contributed by atoms with E-state index in [2.05, 4.69) is 6.58 Å². The van der Waals surface area contributed by atoms with Gasteiger partial charge in [-0.25, -0.2) is 0 Å². The van der Waals surface area contributed by atoms with Crippen molar-refractivity contribution < 1.29 is 4.79 Å². The Morgan fingerprint density at radius 3 is 2.90 bits per heavy atom. The van der Waals surface area contributed by atoms with Crippen molar-refractivity contribution in [3.63, 3.8) is 0 Å². The molecule has 54 valence electrons. The van der Waals surface area contributed by atoms with Gasteiger partial charge < -0.3 is 0 Å². The predicted molar refractivity (Wildman–Crippen MR) is 41.7 cm³/mol. The smallest absolute Gasteiger partial charge is 0.139 e. The van der Waals surface area contributed by atoms with Gasteiger partial charge in [-0.3, -0.25) is 4.79 Å². The van der Waals surface area contributed by atoms with Crippen LogP contribution in [-0.2, 0) is 4.79 Å². The first-order chi connectivity index (χ1) is 4.84. The van der Waals surface area contributed by atoms with Gasteiger partial charge in [-0.05, 0) is 12.8 Å². The van der Waals surface area contributed by atoms with Gasteiger partial charge >= 0.3 is 0 Å². The van der Waals surface area contributed by atoms with Crippen LogP contribution in [0, 0.1) is 5.92 Å². The van der Waals surface area contributed by atoms with Crippen molar-refractivity contribution in [2.45, 2.75) is 19.3 Å². The lowest BCUT2D eigenvalue weighted by atomic mass is 10.1. The van der Waals surface area contributed by atoms with Gasteiger partial charge in [0, 0.05) is 12.3 Å². The summed E-state index contributed by atoms with van der Waals surface area (Å²) in [6.45, 7) is 3.55. The molecule has 1 atom stereocenters. The maximum atomic E-state index is 11.0. The predicted octanol–water partition coefficient (Wildman–Crippen LogP) is 2.10. The second-order valence-corrected chi connectivity index (χ2v) is 2.59. The molecule has 1 saturated carbocycles. The quantitative estimate of drug-likeness (QED) is 0.531. The minimum Gasteiger partial charge on any atom is -0.299 e. The number of carbonyl (C=O) groups excluding carboxylic acids is 1. The minimum absolute atomic E-state index is 0.193. The van der Waals surface area contributed by atoms with E-state index in [4.69, 9.17) is 0 Å². The molecular weight excluding hydrogens is 124 g/mol. The number of hydrogen-bond acceptors (Lipinski definition) is 1. The Bertz CT molecular complexity index is 168. The highest BCUT2D eigenvalue weighted by Gasteiger charge is 2.20. The van der Waals surface area contributed by atoms with Crippen LogP contribution in [0.25, 0.3) is 0 Å². The van der Waals surface area contributed by atoms with Crippen LogP contribution in [0.15, 0.2) is 24.8 Å². The molecule has 1 heteroatoms. The Morgan fingerprint density at radius 2 is 2.40 bits per heavy atom. The van der Waals surface area contributed by atoms with Gasteiger partial charge in [-0.2, -0.15) is 0 Å². The van der Waals surface area contributed by atoms with Crippen LogP contribution in [0.1, 0.15) is 19.3 Å². The summed E-state index contributed by atoms with van der Waals surface area (Å²) in [4.78, 5) is 11.0. The van der Waals surface area contributed by atoms with Crippen LogP contribution in [0.5, 0.6) is 0 Å². The highest BCUT2D eigenvalue weighted by atomic mass is 16.1. The molecule has 0 saturated heterocycles. The zero-order valence-corrected chi connectivity index (χ0v) is 6.05. The SMILES string of the molecule is C=C/C=C/C1CCCC1=O. The lowest BCUT2D eigenvalue weighted by Crippen LogP contribution is -2.01. The van der Waals surface area contributed by atoms with Crippen molar-refractivity contribution in [3.05, 3.63) is 24.8 Å². The first kappa shape index (κ1) is 7.26. The maximum absolute atomic E-state index is 11.0. The molecule has 0 aromatic carbocycles. The third-order valence-electron chi connectivity index (χ3n) is 1.83. The minimum atomic E-state index is 0.193. The molecule has 0 aliphatic heterocycles. The van der Waals surface area contributed by atoms with Gasteiger partial charge in [0.2, 0.25) is 0 Å². The largest absolute Gasteiger partial charge is 0.299 e. The van der Waals surface area contributed by atoms with E-state index >= 15 is 0 Å². The second kappa shape index (κ2) is 3.35. The first-order valence-corrected chi connectivity index (χ1v) is 3.66. The van der Waals surface area contributed by atoms with Gasteiger partial charge in [0.25, 0.3) is 0 Å². The van der Waals surface area contributed by atoms with Gasteiger partial charge in [0.05, 0.1) is 0 Å². The number of Topliss-reactive ketones (excluding diaryl/α,β-unsaturated/α-hetero) is 1. The highest BCUT2D eigenvalue weighted by Crippen LogP contribution is 2.21. The molecule has 1 aliphatic carbocycles. The third-order valence-corrected chi connectivity index (χ3v) is 1.83. The molecule has 0 aromatic rings. The molecule has 0 aromatic heterocycles. The summed E-state index contributed by atoms with van der Waals surface area (Å²) >= 11 is 0. The molecule has 0 N–H and O–H groups in total. The van der Waals surface area contributed by atoms with Crippen LogP contribution in [0.3, 0.4) is 0 Å². The molecule has 1 nitrogen and oxygen atoms in total. The van der Waals surface area contributed by atoms with E-state index in [0.717, 1.165) is 19.3 Å². The van der Waals surface area contributed by atoms with Crippen molar-refractivity contribution in [2.75, 3.05) is 0 Å². The molecule has 0 heterocycles. The van der Waals surface area contributed by atoms with Gasteiger partial charge in [-0.15, -0.1) is 0 Å². The van der Waals surface area contributed by atoms with Crippen molar-refractivity contribution in [3.8, 4) is 0 Å². The summed E-state index contributed by atoms with van der Waals surface area (Å²) in [7, 11) is 0. The average molecular weight is 136 g/mol. The fraction of sp³-hybridized carbons (Fsp3) is 0.444. The topological polar surface area (TPSA) is 17.1 Å². The summed E-state index contributed by atoms with van der Waals surface area (Å²) in [6, 6.07) is 0. The summed E-state index contributed by atoms with van der Waals surface area (Å²) in [5, 5.41) is 0. The van der Waals surface area contributed by atoms with E-state index in [1.165, 1.54) is 0 Å². The molecule has 0 radical (unpaired) electrons. The fourth-order valence-corrected chi connectivity index (χ4v) is 1.26. The van der Waals surface area contributed by atoms with E-state index in [1.807, 2.05) is 12.2 Å².